The van der Waals surface area contributed by atoms with Crippen molar-refractivity contribution in [1.82, 2.24) is 15.3 Å². The maximum Gasteiger partial charge on any atom is 0.335 e. The lowest BCUT2D eigenvalue weighted by molar-refractivity contribution is 0.0696. The Balaban J connectivity index is 1.51. The molecule has 0 radical (unpaired) electrons. The summed E-state index contributed by atoms with van der Waals surface area (Å²) in [6.07, 6.45) is 8.36. The predicted molar refractivity (Wildman–Crippen MR) is 95.2 cm³/mol. The summed E-state index contributed by atoms with van der Waals surface area (Å²) in [6, 6.07) is 2.64. The molecule has 0 atom stereocenters. The van der Waals surface area contributed by atoms with Crippen molar-refractivity contribution in [1.29, 1.82) is 0 Å². The van der Waals surface area contributed by atoms with Crippen molar-refractivity contribution in [2.45, 2.75) is 44.4 Å². The highest BCUT2D eigenvalue weighted by atomic mass is 32.1. The lowest BCUT2D eigenvalue weighted by atomic mass is 9.87. The van der Waals surface area contributed by atoms with E-state index in [0.29, 0.717) is 18.9 Å². The van der Waals surface area contributed by atoms with Crippen LogP contribution in [0.15, 0.2) is 23.7 Å². The van der Waals surface area contributed by atoms with E-state index >= 15 is 0 Å². The minimum atomic E-state index is -1.07. The minimum Gasteiger partial charge on any atom is -0.478 e. The molecule has 1 saturated carbocycles. The molecule has 0 aliphatic heterocycles. The quantitative estimate of drug-likeness (QED) is 0.826. The molecule has 0 bridgehead atoms. The third-order valence-corrected chi connectivity index (χ3v) is 5.38. The first-order valence-electron chi connectivity index (χ1n) is 8.55. The molecular formula is C18H21N3O3S. The van der Waals surface area contributed by atoms with Gasteiger partial charge in [0.1, 0.15) is 5.69 Å². The van der Waals surface area contributed by atoms with Crippen LogP contribution in [-0.2, 0) is 6.42 Å². The normalized spacial score (nSPS) is 15.0. The van der Waals surface area contributed by atoms with Gasteiger partial charge in [0.05, 0.1) is 16.3 Å². The zero-order chi connectivity index (χ0) is 17.6. The number of thiazole rings is 1. The van der Waals surface area contributed by atoms with Crippen LogP contribution in [-0.4, -0.2) is 33.5 Å². The molecule has 0 spiro atoms. The van der Waals surface area contributed by atoms with Gasteiger partial charge >= 0.3 is 5.97 Å². The molecule has 1 aliphatic rings. The molecule has 0 aromatic carbocycles. The number of carbonyl (C=O) groups is 2. The van der Waals surface area contributed by atoms with Crippen LogP contribution < -0.4 is 5.32 Å². The molecule has 0 saturated heterocycles. The Hall–Kier alpha value is -2.28. The van der Waals surface area contributed by atoms with Gasteiger partial charge in [0, 0.05) is 30.5 Å². The third-order valence-electron chi connectivity index (χ3n) is 4.46. The SMILES string of the molecule is O=C(O)c1ccnc(C(=O)NCCc2nc(C3CCCCC3)cs2)c1. The van der Waals surface area contributed by atoms with E-state index in [9.17, 15) is 9.59 Å². The van der Waals surface area contributed by atoms with Gasteiger partial charge in [-0.2, -0.15) is 0 Å². The second-order valence-corrected chi connectivity index (χ2v) is 7.18. The molecule has 2 heterocycles. The van der Waals surface area contributed by atoms with Crippen molar-refractivity contribution in [2.24, 2.45) is 0 Å². The number of carboxylic acids is 1. The number of pyridine rings is 1. The highest BCUT2D eigenvalue weighted by molar-refractivity contribution is 7.09. The van der Waals surface area contributed by atoms with E-state index in [2.05, 4.69) is 15.7 Å². The van der Waals surface area contributed by atoms with Crippen LogP contribution in [0.25, 0.3) is 0 Å². The Kier molecular flexibility index (Phi) is 5.75. The van der Waals surface area contributed by atoms with Crippen LogP contribution in [0.3, 0.4) is 0 Å². The second-order valence-electron chi connectivity index (χ2n) is 6.24. The molecule has 25 heavy (non-hydrogen) atoms. The van der Waals surface area contributed by atoms with Crippen LogP contribution in [0.5, 0.6) is 0 Å². The van der Waals surface area contributed by atoms with Crippen molar-refractivity contribution in [3.63, 3.8) is 0 Å². The van der Waals surface area contributed by atoms with E-state index in [1.165, 1.54) is 56.1 Å². The van der Waals surface area contributed by atoms with Crippen molar-refractivity contribution >= 4 is 23.2 Å². The Morgan fingerprint density at radius 3 is 2.84 bits per heavy atom. The minimum absolute atomic E-state index is 0.0530. The summed E-state index contributed by atoms with van der Waals surface area (Å²) in [7, 11) is 0. The maximum atomic E-state index is 12.1. The van der Waals surface area contributed by atoms with E-state index in [1.54, 1.807) is 11.3 Å². The maximum absolute atomic E-state index is 12.1. The van der Waals surface area contributed by atoms with Crippen LogP contribution in [0, 0.1) is 0 Å². The average molecular weight is 359 g/mol. The fraction of sp³-hybridized carbons (Fsp3) is 0.444. The number of carboxylic acid groups (broad SMARTS) is 1. The van der Waals surface area contributed by atoms with Gasteiger partial charge in [0.15, 0.2) is 0 Å². The highest BCUT2D eigenvalue weighted by Crippen LogP contribution is 2.33. The molecular weight excluding hydrogens is 338 g/mol. The number of aromatic nitrogens is 2. The van der Waals surface area contributed by atoms with E-state index in [1.807, 2.05) is 0 Å². The van der Waals surface area contributed by atoms with E-state index in [4.69, 9.17) is 10.1 Å². The van der Waals surface area contributed by atoms with E-state index in [-0.39, 0.29) is 17.2 Å². The van der Waals surface area contributed by atoms with Gasteiger partial charge in [-0.3, -0.25) is 9.78 Å². The smallest absolute Gasteiger partial charge is 0.335 e. The van der Waals surface area contributed by atoms with Crippen LogP contribution >= 0.6 is 11.3 Å². The average Bonchev–Trinajstić information content (AvgIpc) is 3.11. The van der Waals surface area contributed by atoms with E-state index < -0.39 is 5.97 Å². The molecule has 1 amide bonds. The fourth-order valence-electron chi connectivity index (χ4n) is 3.09. The van der Waals surface area contributed by atoms with Crippen LogP contribution in [0.2, 0.25) is 0 Å². The first-order valence-corrected chi connectivity index (χ1v) is 9.43. The summed E-state index contributed by atoms with van der Waals surface area (Å²) in [5.41, 5.74) is 1.36. The summed E-state index contributed by atoms with van der Waals surface area (Å²) in [5, 5.41) is 14.9. The van der Waals surface area contributed by atoms with Gasteiger partial charge in [-0.05, 0) is 25.0 Å². The molecule has 132 valence electrons. The summed E-state index contributed by atoms with van der Waals surface area (Å²) in [6.45, 7) is 0.454. The number of amides is 1. The predicted octanol–water partition coefficient (Wildman–Crippen LogP) is 3.26. The first kappa shape index (κ1) is 17.5. The number of hydrogen-bond donors (Lipinski definition) is 2. The number of nitrogens with one attached hydrogen (secondary N) is 1. The monoisotopic (exact) mass is 359 g/mol. The van der Waals surface area contributed by atoms with Gasteiger partial charge in [-0.15, -0.1) is 11.3 Å². The zero-order valence-corrected chi connectivity index (χ0v) is 14.7. The highest BCUT2D eigenvalue weighted by Gasteiger charge is 2.18. The van der Waals surface area contributed by atoms with E-state index in [0.717, 1.165) is 5.01 Å². The second kappa shape index (κ2) is 8.20. The molecule has 6 nitrogen and oxygen atoms in total. The third kappa shape index (κ3) is 4.63. The molecule has 0 unspecified atom stereocenters. The van der Waals surface area contributed by atoms with Crippen molar-refractivity contribution < 1.29 is 14.7 Å². The van der Waals surface area contributed by atoms with Gasteiger partial charge in [0.25, 0.3) is 5.91 Å². The zero-order valence-electron chi connectivity index (χ0n) is 13.9. The van der Waals surface area contributed by atoms with Gasteiger partial charge < -0.3 is 10.4 Å². The summed E-state index contributed by atoms with van der Waals surface area (Å²) in [4.78, 5) is 31.7. The summed E-state index contributed by atoms with van der Waals surface area (Å²) in [5.74, 6) is -0.849. The first-order chi connectivity index (χ1) is 12.1. The molecule has 2 aromatic heterocycles. The Bertz CT molecular complexity index is 754. The van der Waals surface area contributed by atoms with Crippen molar-refractivity contribution in [3.8, 4) is 0 Å². The summed E-state index contributed by atoms with van der Waals surface area (Å²) < 4.78 is 0. The van der Waals surface area contributed by atoms with Crippen LogP contribution in [0.1, 0.15) is 69.6 Å². The van der Waals surface area contributed by atoms with Gasteiger partial charge in [-0.1, -0.05) is 19.3 Å². The van der Waals surface area contributed by atoms with Crippen molar-refractivity contribution in [2.75, 3.05) is 6.54 Å². The Morgan fingerprint density at radius 2 is 2.08 bits per heavy atom. The standard InChI is InChI=1S/C18H21N3O3S/c22-17(14-10-13(18(23)24)6-8-19-14)20-9-7-16-21-15(11-25-16)12-4-2-1-3-5-12/h6,8,10-12H,1-5,7,9H2,(H,20,22)(H,23,24). The molecule has 1 fully saturated rings. The molecule has 2 aromatic rings. The number of carbonyl (C=O) groups excluding carboxylic acids is 1. The Morgan fingerprint density at radius 1 is 1.28 bits per heavy atom. The topological polar surface area (TPSA) is 92.2 Å². The molecule has 1 aliphatic carbocycles. The lowest BCUT2D eigenvalue weighted by Gasteiger charge is -2.19. The lowest BCUT2D eigenvalue weighted by Crippen LogP contribution is -2.26. The molecule has 3 rings (SSSR count). The number of nitrogens with zero attached hydrogens (tertiary/aromatic N) is 2. The number of hydrogen-bond acceptors (Lipinski definition) is 5. The number of aromatic carboxylic acids is 1. The summed E-state index contributed by atoms with van der Waals surface area (Å²) >= 11 is 1.64. The van der Waals surface area contributed by atoms with Crippen LogP contribution in [0.4, 0.5) is 0 Å². The fourth-order valence-corrected chi connectivity index (χ4v) is 3.97. The van der Waals surface area contributed by atoms with Gasteiger partial charge in [-0.25, -0.2) is 9.78 Å². The molecule has 7 heteroatoms. The molecule has 2 N–H and O–H groups in total. The van der Waals surface area contributed by atoms with Gasteiger partial charge in [0.2, 0.25) is 0 Å². The number of rotatable bonds is 6. The Labute approximate surface area is 150 Å². The largest absolute Gasteiger partial charge is 0.478 e. The van der Waals surface area contributed by atoms with Crippen molar-refractivity contribution in [3.05, 3.63) is 45.7 Å².